The normalized spacial score (nSPS) is 29.5. The fourth-order valence-corrected chi connectivity index (χ4v) is 7.95. The van der Waals surface area contributed by atoms with Crippen LogP contribution in [0.15, 0.2) is 33.7 Å². The first kappa shape index (κ1) is 33.3. The number of aliphatic hydroxyl groups is 1. The summed E-state index contributed by atoms with van der Waals surface area (Å²) >= 11 is 6.20. The van der Waals surface area contributed by atoms with Gasteiger partial charge in [-0.05, 0) is 92.2 Å². The van der Waals surface area contributed by atoms with Gasteiger partial charge in [0.1, 0.15) is 6.23 Å². The zero-order valence-electron chi connectivity index (χ0n) is 26.2. The van der Waals surface area contributed by atoms with Crippen molar-refractivity contribution in [3.05, 3.63) is 56.2 Å². The highest BCUT2D eigenvalue weighted by Crippen LogP contribution is 2.42. The van der Waals surface area contributed by atoms with E-state index in [1.54, 1.807) is 11.8 Å². The van der Waals surface area contributed by atoms with E-state index in [1.807, 2.05) is 39.8 Å². The third-order valence-electron chi connectivity index (χ3n) is 9.78. The van der Waals surface area contributed by atoms with Crippen LogP contribution in [-0.4, -0.2) is 73.2 Å². The Balaban J connectivity index is 1.49. The van der Waals surface area contributed by atoms with Gasteiger partial charge >= 0.3 is 11.9 Å². The standard InChI is InChI=1S/C33H44N4O6S2/c1-15-19(5-7-29(38)39)25(34-22(15)11-24-18(4)31(28-14-45-28)33(43)36-24)13-26-20(6-8-30(40)41)16(2)23(35-26)12-27-21(9-10-44)17(3)32(42)37-27/h12-13,17,21-22,24,28,32,34-35,37,42,44H,5-11,14H2,1-4H3,(H,36,43)(H,38,39)(H,40,41)/b25-13-,27-12-/t17-,21-,22?,24-,28-,32?/m1/s1. The number of rotatable bonds is 13. The summed E-state index contributed by atoms with van der Waals surface area (Å²) in [4.78, 5) is 39.4. The SMILES string of the molecule is CC1=C(CCC(=O)O)/C(=C/c2[nH]c(/C=C3\NC(O)[C@H](C)[C@H]3CCS)c(C)c2CCC(=O)O)NC1C[C@H]1NC(=O)C([C@H]2CS2)=C1C. The molecule has 2 saturated heterocycles. The Hall–Kier alpha value is -3.09. The largest absolute Gasteiger partial charge is 0.481 e. The molecule has 0 saturated carbocycles. The highest BCUT2D eigenvalue weighted by atomic mass is 32.2. The average molecular weight is 657 g/mol. The number of H-pyrrole nitrogens is 1. The van der Waals surface area contributed by atoms with Crippen molar-refractivity contribution in [1.29, 1.82) is 0 Å². The van der Waals surface area contributed by atoms with Crippen LogP contribution in [0, 0.1) is 18.8 Å². The number of hydrogen-bond acceptors (Lipinski definition) is 8. The van der Waals surface area contributed by atoms with E-state index in [9.17, 15) is 29.7 Å². The first-order chi connectivity index (χ1) is 21.4. The monoisotopic (exact) mass is 656 g/mol. The molecule has 12 heteroatoms. The lowest BCUT2D eigenvalue weighted by Crippen LogP contribution is -2.36. The van der Waals surface area contributed by atoms with Crippen LogP contribution >= 0.6 is 24.4 Å². The lowest BCUT2D eigenvalue weighted by Gasteiger charge is -2.20. The molecule has 1 amide bonds. The molecule has 1 aromatic rings. The van der Waals surface area contributed by atoms with Crippen LogP contribution in [0.3, 0.4) is 0 Å². The number of aromatic nitrogens is 1. The van der Waals surface area contributed by atoms with E-state index in [2.05, 4.69) is 33.6 Å². The molecular formula is C33H44N4O6S2. The number of amides is 1. The Bertz CT molecular complexity index is 1500. The maximum atomic E-state index is 12.7. The molecule has 0 aromatic carbocycles. The average Bonchev–Trinajstić information content (AvgIpc) is 3.56. The maximum absolute atomic E-state index is 12.7. The first-order valence-electron chi connectivity index (χ1n) is 15.6. The predicted octanol–water partition coefficient (Wildman–Crippen LogP) is 3.99. The van der Waals surface area contributed by atoms with Crippen LogP contribution in [0.25, 0.3) is 12.2 Å². The second-order valence-electron chi connectivity index (χ2n) is 12.6. The summed E-state index contributed by atoms with van der Waals surface area (Å²) in [6.45, 7) is 8.02. The Morgan fingerprint density at radius 2 is 1.64 bits per heavy atom. The maximum Gasteiger partial charge on any atom is 0.303 e. The third-order valence-corrected chi connectivity index (χ3v) is 10.9. The van der Waals surface area contributed by atoms with Crippen LogP contribution in [0.2, 0.25) is 0 Å². The summed E-state index contributed by atoms with van der Waals surface area (Å²) in [7, 11) is 0. The Kier molecular flexibility index (Phi) is 10.1. The molecule has 6 atom stereocenters. The van der Waals surface area contributed by atoms with E-state index in [-0.39, 0.29) is 47.9 Å². The third kappa shape index (κ3) is 7.18. The van der Waals surface area contributed by atoms with Gasteiger partial charge < -0.3 is 36.3 Å². The molecule has 0 aliphatic carbocycles. The number of nitrogens with one attached hydrogen (secondary N) is 4. The molecule has 5 rings (SSSR count). The van der Waals surface area contributed by atoms with Crippen LogP contribution < -0.4 is 16.0 Å². The van der Waals surface area contributed by atoms with Gasteiger partial charge in [-0.1, -0.05) is 6.92 Å². The van der Waals surface area contributed by atoms with E-state index in [0.29, 0.717) is 25.0 Å². The molecule has 2 unspecified atom stereocenters. The van der Waals surface area contributed by atoms with Gasteiger partial charge in [0.2, 0.25) is 5.91 Å². The molecule has 4 aliphatic rings. The van der Waals surface area contributed by atoms with Gasteiger partial charge in [0.15, 0.2) is 0 Å². The summed E-state index contributed by atoms with van der Waals surface area (Å²) in [5.74, 6) is 0.0416. The predicted molar refractivity (Wildman–Crippen MR) is 180 cm³/mol. The van der Waals surface area contributed by atoms with Crippen LogP contribution in [-0.2, 0) is 20.8 Å². The van der Waals surface area contributed by atoms with Gasteiger partial charge in [-0.2, -0.15) is 24.4 Å². The number of carbonyl (C=O) groups is 3. The van der Waals surface area contributed by atoms with E-state index in [4.69, 9.17) is 0 Å². The molecule has 45 heavy (non-hydrogen) atoms. The summed E-state index contributed by atoms with van der Waals surface area (Å²) in [5, 5.41) is 39.8. The van der Waals surface area contributed by atoms with Crippen molar-refractivity contribution < 1.29 is 29.7 Å². The molecule has 5 heterocycles. The molecule has 2 fully saturated rings. The van der Waals surface area contributed by atoms with Gasteiger partial charge in [0.05, 0.1) is 6.04 Å². The van der Waals surface area contributed by atoms with Gasteiger partial charge in [0.25, 0.3) is 0 Å². The number of carbonyl (C=O) groups excluding carboxylic acids is 1. The fourth-order valence-electron chi connectivity index (χ4n) is 6.95. The molecule has 7 N–H and O–H groups in total. The number of aliphatic hydroxyl groups excluding tert-OH is 1. The summed E-state index contributed by atoms with van der Waals surface area (Å²) in [5.41, 5.74) is 9.07. The van der Waals surface area contributed by atoms with Crippen molar-refractivity contribution in [3.8, 4) is 0 Å². The Labute approximate surface area is 273 Å². The van der Waals surface area contributed by atoms with Gasteiger partial charge in [-0.3, -0.25) is 14.4 Å². The second-order valence-corrected chi connectivity index (χ2v) is 14.3. The Morgan fingerprint density at radius 3 is 2.29 bits per heavy atom. The molecular weight excluding hydrogens is 613 g/mol. The van der Waals surface area contributed by atoms with Crippen molar-refractivity contribution in [3.63, 3.8) is 0 Å². The van der Waals surface area contributed by atoms with E-state index < -0.39 is 18.2 Å². The first-order valence-corrected chi connectivity index (χ1v) is 17.3. The van der Waals surface area contributed by atoms with Crippen molar-refractivity contribution in [1.82, 2.24) is 20.9 Å². The van der Waals surface area contributed by atoms with Crippen LogP contribution in [0.4, 0.5) is 0 Å². The van der Waals surface area contributed by atoms with Gasteiger partial charge in [-0.15, -0.1) is 0 Å². The molecule has 4 aliphatic heterocycles. The number of carboxylic acids is 2. The minimum Gasteiger partial charge on any atom is -0.481 e. The van der Waals surface area contributed by atoms with E-state index in [0.717, 1.165) is 68.4 Å². The molecule has 10 nitrogen and oxygen atoms in total. The number of hydrogen-bond donors (Lipinski definition) is 8. The van der Waals surface area contributed by atoms with Gasteiger partial charge in [-0.25, -0.2) is 0 Å². The highest BCUT2D eigenvalue weighted by Gasteiger charge is 2.41. The lowest BCUT2D eigenvalue weighted by atomic mass is 9.91. The van der Waals surface area contributed by atoms with Crippen LogP contribution in [0.5, 0.6) is 0 Å². The second kappa shape index (κ2) is 13.7. The van der Waals surface area contributed by atoms with Crippen LogP contribution in [0.1, 0.15) is 75.4 Å². The number of carboxylic acid groups (broad SMARTS) is 2. The molecule has 0 radical (unpaired) electrons. The fraction of sp³-hybridized carbons (Fsp3) is 0.545. The molecule has 0 bridgehead atoms. The molecule has 244 valence electrons. The van der Waals surface area contributed by atoms with Crippen molar-refractivity contribution >= 4 is 54.4 Å². The summed E-state index contributed by atoms with van der Waals surface area (Å²) in [6.07, 6.45) is 5.38. The zero-order chi connectivity index (χ0) is 32.6. The highest BCUT2D eigenvalue weighted by molar-refractivity contribution is 8.07. The van der Waals surface area contributed by atoms with Crippen molar-refractivity contribution in [2.45, 2.75) is 89.8 Å². The van der Waals surface area contributed by atoms with E-state index >= 15 is 0 Å². The van der Waals surface area contributed by atoms with E-state index in [1.165, 1.54) is 0 Å². The molecule has 1 aromatic heterocycles. The smallest absolute Gasteiger partial charge is 0.303 e. The van der Waals surface area contributed by atoms with Crippen molar-refractivity contribution in [2.75, 3.05) is 11.5 Å². The van der Waals surface area contributed by atoms with Crippen molar-refractivity contribution in [2.24, 2.45) is 11.8 Å². The number of thioether (sulfide) groups is 1. The summed E-state index contributed by atoms with van der Waals surface area (Å²) in [6, 6.07) is -0.195. The summed E-state index contributed by atoms with van der Waals surface area (Å²) < 4.78 is 0. The quantitative estimate of drug-likeness (QED) is 0.116. The lowest BCUT2D eigenvalue weighted by molar-refractivity contribution is -0.138. The minimum atomic E-state index is -0.889. The minimum absolute atomic E-state index is 0.0100. The van der Waals surface area contributed by atoms with Gasteiger partial charge in [0, 0.05) is 70.1 Å². The topological polar surface area (TPSA) is 164 Å². The number of thiol groups is 1. The number of allylic oxidation sites excluding steroid dienone is 2. The number of aromatic amines is 1. The number of aliphatic carboxylic acids is 2. The Morgan fingerprint density at radius 1 is 0.978 bits per heavy atom. The zero-order valence-corrected chi connectivity index (χ0v) is 27.9. The molecule has 0 spiro atoms.